The molecule has 5 nitrogen and oxygen atoms in total. The van der Waals surface area contributed by atoms with Crippen LogP contribution in [0, 0.1) is 0 Å². The molecule has 92 valence electrons. The van der Waals surface area contributed by atoms with E-state index in [1.54, 1.807) is 0 Å². The maximum absolute atomic E-state index is 11.8. The molecule has 0 aliphatic rings. The highest BCUT2D eigenvalue weighted by atomic mass is 79.9. The van der Waals surface area contributed by atoms with Gasteiger partial charge in [-0.2, -0.15) is 0 Å². The fourth-order valence-corrected chi connectivity index (χ4v) is 1.68. The number of esters is 1. The maximum atomic E-state index is 11.8. The van der Waals surface area contributed by atoms with Gasteiger partial charge in [-0.25, -0.2) is 0 Å². The molecule has 1 aromatic heterocycles. The van der Waals surface area contributed by atoms with E-state index in [2.05, 4.69) is 27.2 Å². The van der Waals surface area contributed by atoms with Crippen LogP contribution in [-0.4, -0.2) is 22.8 Å². The van der Waals surface area contributed by atoms with Crippen LogP contribution in [0.25, 0.3) is 0 Å². The minimum atomic E-state index is -0.482. The first-order valence-corrected chi connectivity index (χ1v) is 5.59. The molecule has 0 aliphatic carbocycles. The zero-order valence-corrected chi connectivity index (χ0v) is 10.9. The maximum Gasteiger partial charge on any atom is 0.311 e. The minimum absolute atomic E-state index is 0.0629. The van der Waals surface area contributed by atoms with E-state index in [0.29, 0.717) is 5.69 Å². The Hall–Kier alpha value is -1.56. The fourth-order valence-electron chi connectivity index (χ4n) is 1.35. The number of aromatic hydroxyl groups is 1. The first-order chi connectivity index (χ1) is 8.01. The summed E-state index contributed by atoms with van der Waals surface area (Å²) in [7, 11) is 1.26. The molecule has 0 saturated heterocycles. The average Bonchev–Trinajstić information content (AvgIpc) is 2.31. The van der Waals surface area contributed by atoms with Gasteiger partial charge >= 0.3 is 5.97 Å². The monoisotopic (exact) mass is 301 g/mol. The van der Waals surface area contributed by atoms with Gasteiger partial charge in [0.2, 0.25) is 0 Å². The number of pyridine rings is 1. The fraction of sp³-hybridized carbons (Fsp3) is 0.273. The quantitative estimate of drug-likeness (QED) is 0.671. The Bertz CT molecular complexity index is 507. The van der Waals surface area contributed by atoms with Crippen molar-refractivity contribution >= 4 is 21.9 Å². The molecule has 0 bridgehead atoms. The first-order valence-electron chi connectivity index (χ1n) is 4.80. The van der Waals surface area contributed by atoms with Crippen LogP contribution in [0.1, 0.15) is 5.69 Å². The first kappa shape index (κ1) is 13.5. The van der Waals surface area contributed by atoms with Gasteiger partial charge in [0.05, 0.1) is 13.5 Å². The number of hydrogen-bond acceptors (Lipinski definition) is 4. The standard InChI is InChI=1S/C11H12BrNO4/c1-3-4-13-7(6-9(15)17-2)5-8(14)10(12)11(13)16/h3,5,14H,1,4,6H2,2H3. The number of allylic oxidation sites excluding steroid dienone is 1. The van der Waals surface area contributed by atoms with Crippen LogP contribution in [0.4, 0.5) is 0 Å². The number of aromatic nitrogens is 1. The Labute approximate surface area is 106 Å². The summed E-state index contributed by atoms with van der Waals surface area (Å²) in [5, 5.41) is 9.52. The van der Waals surface area contributed by atoms with E-state index in [1.807, 2.05) is 0 Å². The Morgan fingerprint density at radius 2 is 2.35 bits per heavy atom. The third-order valence-corrected chi connectivity index (χ3v) is 2.92. The molecule has 0 aliphatic heterocycles. The molecule has 0 amide bonds. The average molecular weight is 302 g/mol. The summed E-state index contributed by atoms with van der Waals surface area (Å²) in [5.74, 6) is -0.682. The zero-order chi connectivity index (χ0) is 13.0. The van der Waals surface area contributed by atoms with Crippen molar-refractivity contribution in [2.75, 3.05) is 7.11 Å². The molecule has 1 aromatic rings. The number of nitrogens with zero attached hydrogens (tertiary/aromatic N) is 1. The van der Waals surface area contributed by atoms with Gasteiger partial charge in [-0.3, -0.25) is 9.59 Å². The van der Waals surface area contributed by atoms with Crippen molar-refractivity contribution in [2.45, 2.75) is 13.0 Å². The topological polar surface area (TPSA) is 68.5 Å². The molecule has 0 aromatic carbocycles. The summed E-state index contributed by atoms with van der Waals surface area (Å²) in [6.45, 7) is 3.79. The van der Waals surface area contributed by atoms with E-state index in [1.165, 1.54) is 23.8 Å². The van der Waals surface area contributed by atoms with Gasteiger partial charge in [0.25, 0.3) is 5.56 Å². The normalized spacial score (nSPS) is 10.0. The number of rotatable bonds is 4. The van der Waals surface area contributed by atoms with E-state index in [-0.39, 0.29) is 23.2 Å². The number of carbonyl (C=O) groups excluding carboxylic acids is 1. The Kier molecular flexibility index (Phi) is 4.51. The number of ether oxygens (including phenoxy) is 1. The Morgan fingerprint density at radius 1 is 1.71 bits per heavy atom. The molecular formula is C11H12BrNO4. The van der Waals surface area contributed by atoms with Crippen LogP contribution in [-0.2, 0) is 22.5 Å². The third kappa shape index (κ3) is 2.97. The largest absolute Gasteiger partial charge is 0.506 e. The van der Waals surface area contributed by atoms with Crippen LogP contribution >= 0.6 is 15.9 Å². The van der Waals surface area contributed by atoms with Crippen LogP contribution < -0.4 is 5.56 Å². The molecular weight excluding hydrogens is 290 g/mol. The zero-order valence-electron chi connectivity index (χ0n) is 9.27. The van der Waals surface area contributed by atoms with Gasteiger partial charge in [0.1, 0.15) is 10.2 Å². The van der Waals surface area contributed by atoms with Crippen LogP contribution in [0.5, 0.6) is 5.75 Å². The lowest BCUT2D eigenvalue weighted by atomic mass is 10.2. The lowest BCUT2D eigenvalue weighted by Gasteiger charge is -2.11. The van der Waals surface area contributed by atoms with Crippen LogP contribution in [0.3, 0.4) is 0 Å². The van der Waals surface area contributed by atoms with E-state index in [4.69, 9.17) is 0 Å². The van der Waals surface area contributed by atoms with Crippen molar-refractivity contribution in [2.24, 2.45) is 0 Å². The van der Waals surface area contributed by atoms with Crippen molar-refractivity contribution in [3.05, 3.63) is 39.2 Å². The SMILES string of the molecule is C=CCn1c(CC(=O)OC)cc(O)c(Br)c1=O. The van der Waals surface area contributed by atoms with Crippen molar-refractivity contribution in [3.8, 4) is 5.75 Å². The highest BCUT2D eigenvalue weighted by Crippen LogP contribution is 2.20. The molecule has 1 rings (SSSR count). The van der Waals surface area contributed by atoms with Gasteiger partial charge in [-0.05, 0) is 15.9 Å². The molecule has 1 N–H and O–H groups in total. The summed E-state index contributed by atoms with van der Waals surface area (Å²) in [6.07, 6.45) is 1.45. The summed E-state index contributed by atoms with van der Waals surface area (Å²) >= 11 is 2.98. The number of carbonyl (C=O) groups is 1. The molecule has 1 heterocycles. The third-order valence-electron chi connectivity index (χ3n) is 2.17. The smallest absolute Gasteiger partial charge is 0.311 e. The van der Waals surface area contributed by atoms with Gasteiger partial charge in [0, 0.05) is 18.3 Å². The summed E-state index contributed by atoms with van der Waals surface area (Å²) in [6, 6.07) is 1.35. The Balaban J connectivity index is 3.31. The number of hydrogen-bond donors (Lipinski definition) is 1. The second-order valence-electron chi connectivity index (χ2n) is 3.29. The van der Waals surface area contributed by atoms with Gasteiger partial charge in [-0.15, -0.1) is 6.58 Å². The summed E-state index contributed by atoms with van der Waals surface area (Å²) < 4.78 is 5.93. The molecule has 0 atom stereocenters. The second kappa shape index (κ2) is 5.67. The van der Waals surface area contributed by atoms with Crippen LogP contribution in [0.15, 0.2) is 28.0 Å². The molecule has 0 spiro atoms. The Morgan fingerprint density at radius 3 is 2.88 bits per heavy atom. The van der Waals surface area contributed by atoms with E-state index in [9.17, 15) is 14.7 Å². The van der Waals surface area contributed by atoms with Crippen molar-refractivity contribution < 1.29 is 14.6 Å². The van der Waals surface area contributed by atoms with Crippen molar-refractivity contribution in [3.63, 3.8) is 0 Å². The molecule has 0 fully saturated rings. The van der Waals surface area contributed by atoms with Crippen molar-refractivity contribution in [1.82, 2.24) is 4.57 Å². The molecule has 0 radical (unpaired) electrons. The van der Waals surface area contributed by atoms with Gasteiger partial charge in [-0.1, -0.05) is 6.08 Å². The molecule has 0 saturated carbocycles. The highest BCUT2D eigenvalue weighted by molar-refractivity contribution is 9.10. The number of methoxy groups -OCH3 is 1. The predicted molar refractivity (Wildman–Crippen MR) is 66.0 cm³/mol. The lowest BCUT2D eigenvalue weighted by molar-refractivity contribution is -0.139. The van der Waals surface area contributed by atoms with E-state index >= 15 is 0 Å². The van der Waals surface area contributed by atoms with Crippen LogP contribution in [0.2, 0.25) is 0 Å². The summed E-state index contributed by atoms with van der Waals surface area (Å²) in [5.41, 5.74) is -0.0359. The van der Waals surface area contributed by atoms with Crippen molar-refractivity contribution in [1.29, 1.82) is 0 Å². The second-order valence-corrected chi connectivity index (χ2v) is 4.09. The van der Waals surface area contributed by atoms with Gasteiger partial charge in [0.15, 0.2) is 0 Å². The summed E-state index contributed by atoms with van der Waals surface area (Å²) in [4.78, 5) is 23.0. The molecule has 6 heteroatoms. The van der Waals surface area contributed by atoms with E-state index < -0.39 is 11.5 Å². The lowest BCUT2D eigenvalue weighted by Crippen LogP contribution is -2.25. The van der Waals surface area contributed by atoms with E-state index in [0.717, 1.165) is 0 Å². The predicted octanol–water partition coefficient (Wildman–Crippen LogP) is 1.22. The van der Waals surface area contributed by atoms with Gasteiger partial charge < -0.3 is 14.4 Å². The minimum Gasteiger partial charge on any atom is -0.506 e. The highest BCUT2D eigenvalue weighted by Gasteiger charge is 2.14. The molecule has 0 unspecified atom stereocenters. The number of halogens is 1. The molecule has 17 heavy (non-hydrogen) atoms.